The van der Waals surface area contributed by atoms with Crippen LogP contribution in [0.4, 0.5) is 5.82 Å². The Hall–Kier alpha value is -2.87. The quantitative estimate of drug-likeness (QED) is 0.817. The summed E-state index contributed by atoms with van der Waals surface area (Å²) < 4.78 is 10.5. The Morgan fingerprint density at radius 1 is 1.04 bits per heavy atom. The molecule has 8 nitrogen and oxygen atoms in total. The number of carbonyl (C=O) groups is 1. The van der Waals surface area contributed by atoms with Crippen LogP contribution in [0, 0.1) is 0 Å². The van der Waals surface area contributed by atoms with Crippen molar-refractivity contribution >= 4 is 11.7 Å². The molecule has 1 N–H and O–H groups in total. The maximum Gasteiger partial charge on any atom is 0.272 e. The molecule has 1 saturated heterocycles. The SMILES string of the molecule is COc1ccc(CNC(=O)c2ccc(N3CCN(C)CC3)nn2)cc1OC. The number of amides is 1. The molecule has 2 aromatic rings. The van der Waals surface area contributed by atoms with E-state index in [1.165, 1.54) is 0 Å². The Labute approximate surface area is 159 Å². The molecule has 1 aromatic heterocycles. The van der Waals surface area contributed by atoms with Crippen molar-refractivity contribution in [2.24, 2.45) is 0 Å². The summed E-state index contributed by atoms with van der Waals surface area (Å²) in [6.45, 7) is 4.18. The van der Waals surface area contributed by atoms with Crippen LogP contribution < -0.4 is 19.7 Å². The van der Waals surface area contributed by atoms with Gasteiger partial charge in [-0.3, -0.25) is 4.79 Å². The molecule has 0 radical (unpaired) electrons. The number of aromatic nitrogens is 2. The number of ether oxygens (including phenoxy) is 2. The van der Waals surface area contributed by atoms with Crippen LogP contribution in [0.5, 0.6) is 11.5 Å². The van der Waals surface area contributed by atoms with E-state index in [9.17, 15) is 4.79 Å². The second-order valence-corrected chi connectivity index (χ2v) is 6.44. The molecule has 0 saturated carbocycles. The van der Waals surface area contributed by atoms with E-state index in [1.807, 2.05) is 24.3 Å². The van der Waals surface area contributed by atoms with Crippen LogP contribution in [0.1, 0.15) is 16.1 Å². The second kappa shape index (κ2) is 8.68. The Balaban J connectivity index is 1.58. The van der Waals surface area contributed by atoms with E-state index in [2.05, 4.69) is 32.4 Å². The number of carbonyl (C=O) groups excluding carboxylic acids is 1. The zero-order valence-electron chi connectivity index (χ0n) is 15.9. The lowest BCUT2D eigenvalue weighted by molar-refractivity contribution is 0.0945. The lowest BCUT2D eigenvalue weighted by atomic mass is 10.2. The van der Waals surface area contributed by atoms with Crippen LogP contribution >= 0.6 is 0 Å². The first-order valence-electron chi connectivity index (χ1n) is 8.87. The van der Waals surface area contributed by atoms with Gasteiger partial charge < -0.3 is 24.6 Å². The molecular weight excluding hydrogens is 346 g/mol. The molecule has 0 bridgehead atoms. The second-order valence-electron chi connectivity index (χ2n) is 6.44. The lowest BCUT2D eigenvalue weighted by Gasteiger charge is -2.32. The number of likely N-dealkylation sites (N-methyl/N-ethyl adjacent to an activating group) is 1. The van der Waals surface area contributed by atoms with Gasteiger partial charge in [-0.2, -0.15) is 0 Å². The zero-order chi connectivity index (χ0) is 19.2. The highest BCUT2D eigenvalue weighted by molar-refractivity contribution is 5.92. The summed E-state index contributed by atoms with van der Waals surface area (Å²) in [6.07, 6.45) is 0. The molecule has 1 fully saturated rings. The minimum Gasteiger partial charge on any atom is -0.493 e. The topological polar surface area (TPSA) is 79.8 Å². The summed E-state index contributed by atoms with van der Waals surface area (Å²) in [6, 6.07) is 9.09. The molecule has 0 unspecified atom stereocenters. The molecule has 0 atom stereocenters. The maximum absolute atomic E-state index is 12.3. The summed E-state index contributed by atoms with van der Waals surface area (Å²) in [7, 11) is 5.27. The Kier molecular flexibility index (Phi) is 6.08. The van der Waals surface area contributed by atoms with Gasteiger partial charge in [0.1, 0.15) is 0 Å². The van der Waals surface area contributed by atoms with Gasteiger partial charge in [-0.1, -0.05) is 6.07 Å². The molecule has 0 spiro atoms. The lowest BCUT2D eigenvalue weighted by Crippen LogP contribution is -2.44. The summed E-state index contributed by atoms with van der Waals surface area (Å²) in [5.74, 6) is 1.82. The third-order valence-corrected chi connectivity index (χ3v) is 4.61. The third kappa shape index (κ3) is 4.65. The minimum absolute atomic E-state index is 0.262. The van der Waals surface area contributed by atoms with Crippen LogP contribution in [0.3, 0.4) is 0 Å². The van der Waals surface area contributed by atoms with Gasteiger partial charge in [0, 0.05) is 32.7 Å². The van der Waals surface area contributed by atoms with Crippen molar-refractivity contribution in [3.05, 3.63) is 41.6 Å². The molecule has 0 aliphatic carbocycles. The maximum atomic E-state index is 12.3. The first-order chi connectivity index (χ1) is 13.1. The van der Waals surface area contributed by atoms with Gasteiger partial charge in [0.2, 0.25) is 0 Å². The van der Waals surface area contributed by atoms with Crippen LogP contribution in [0.2, 0.25) is 0 Å². The largest absolute Gasteiger partial charge is 0.493 e. The number of nitrogens with zero attached hydrogens (tertiary/aromatic N) is 4. The summed E-state index contributed by atoms with van der Waals surface area (Å²) in [5, 5.41) is 11.1. The van der Waals surface area contributed by atoms with Gasteiger partial charge in [-0.05, 0) is 36.9 Å². The van der Waals surface area contributed by atoms with E-state index in [4.69, 9.17) is 9.47 Å². The number of hydrogen-bond acceptors (Lipinski definition) is 7. The molecule has 144 valence electrons. The highest BCUT2D eigenvalue weighted by Gasteiger charge is 2.16. The molecule has 8 heteroatoms. The fourth-order valence-electron chi connectivity index (χ4n) is 2.91. The van der Waals surface area contributed by atoms with Crippen molar-refractivity contribution in [2.75, 3.05) is 52.3 Å². The Morgan fingerprint density at radius 2 is 1.78 bits per heavy atom. The van der Waals surface area contributed by atoms with Crippen molar-refractivity contribution < 1.29 is 14.3 Å². The highest BCUT2D eigenvalue weighted by atomic mass is 16.5. The highest BCUT2D eigenvalue weighted by Crippen LogP contribution is 2.27. The molecule has 1 aliphatic heterocycles. The van der Waals surface area contributed by atoms with E-state index in [0.717, 1.165) is 37.6 Å². The van der Waals surface area contributed by atoms with Crippen molar-refractivity contribution in [3.8, 4) is 11.5 Å². The Bertz CT molecular complexity index is 773. The van der Waals surface area contributed by atoms with Crippen LogP contribution in [0.25, 0.3) is 0 Å². The number of piperazine rings is 1. The molecule has 27 heavy (non-hydrogen) atoms. The number of nitrogens with one attached hydrogen (secondary N) is 1. The van der Waals surface area contributed by atoms with E-state index in [1.54, 1.807) is 20.3 Å². The van der Waals surface area contributed by atoms with E-state index in [0.29, 0.717) is 23.7 Å². The average Bonchev–Trinajstić information content (AvgIpc) is 2.72. The van der Waals surface area contributed by atoms with Crippen molar-refractivity contribution in [2.45, 2.75) is 6.54 Å². The van der Waals surface area contributed by atoms with E-state index >= 15 is 0 Å². The van der Waals surface area contributed by atoms with Crippen LogP contribution in [-0.4, -0.2) is 68.5 Å². The monoisotopic (exact) mass is 371 g/mol. The summed E-state index contributed by atoms with van der Waals surface area (Å²) in [5.41, 5.74) is 1.20. The third-order valence-electron chi connectivity index (χ3n) is 4.61. The predicted molar refractivity (Wildman–Crippen MR) is 102 cm³/mol. The summed E-state index contributed by atoms with van der Waals surface area (Å²) >= 11 is 0. The van der Waals surface area contributed by atoms with Crippen molar-refractivity contribution in [1.82, 2.24) is 20.4 Å². The van der Waals surface area contributed by atoms with E-state index in [-0.39, 0.29) is 5.91 Å². The van der Waals surface area contributed by atoms with Gasteiger partial charge in [0.05, 0.1) is 14.2 Å². The number of hydrogen-bond donors (Lipinski definition) is 1. The standard InChI is InChI=1S/C19H25N5O3/c1-23-8-10-24(11-9-23)18-7-5-15(21-22-18)19(25)20-13-14-4-6-16(26-2)17(12-14)27-3/h4-7,12H,8-11,13H2,1-3H3,(H,20,25). The average molecular weight is 371 g/mol. The predicted octanol–water partition coefficient (Wildman–Crippen LogP) is 1.18. The van der Waals surface area contributed by atoms with Crippen molar-refractivity contribution in [1.29, 1.82) is 0 Å². The van der Waals surface area contributed by atoms with Crippen LogP contribution in [-0.2, 0) is 6.54 Å². The van der Waals surface area contributed by atoms with E-state index < -0.39 is 0 Å². The first-order valence-corrected chi connectivity index (χ1v) is 8.87. The smallest absolute Gasteiger partial charge is 0.272 e. The fraction of sp³-hybridized carbons (Fsp3) is 0.421. The minimum atomic E-state index is -0.262. The fourth-order valence-corrected chi connectivity index (χ4v) is 2.91. The van der Waals surface area contributed by atoms with Crippen LogP contribution in [0.15, 0.2) is 30.3 Å². The normalized spacial score (nSPS) is 14.7. The van der Waals surface area contributed by atoms with Gasteiger partial charge in [0.15, 0.2) is 23.0 Å². The zero-order valence-corrected chi connectivity index (χ0v) is 15.9. The van der Waals surface area contributed by atoms with Gasteiger partial charge >= 0.3 is 0 Å². The molecule has 1 aliphatic rings. The van der Waals surface area contributed by atoms with Crippen molar-refractivity contribution in [3.63, 3.8) is 0 Å². The molecule has 1 amide bonds. The van der Waals surface area contributed by atoms with Gasteiger partial charge in [0.25, 0.3) is 5.91 Å². The molecule has 2 heterocycles. The number of benzene rings is 1. The molecule has 1 aromatic carbocycles. The summed E-state index contributed by atoms with van der Waals surface area (Å²) in [4.78, 5) is 16.8. The first kappa shape index (κ1) is 18.9. The number of rotatable bonds is 6. The molecule has 3 rings (SSSR count). The van der Waals surface area contributed by atoms with Gasteiger partial charge in [-0.15, -0.1) is 10.2 Å². The van der Waals surface area contributed by atoms with Gasteiger partial charge in [-0.25, -0.2) is 0 Å². The number of methoxy groups -OCH3 is 2. The molecular formula is C19H25N5O3. The Morgan fingerprint density at radius 3 is 2.41 bits per heavy atom. The number of anilines is 1.